The van der Waals surface area contributed by atoms with Crippen LogP contribution in [0.1, 0.15) is 48.0 Å². The van der Waals surface area contributed by atoms with Crippen LogP contribution in [-0.2, 0) is 11.3 Å². The molecule has 1 saturated heterocycles. The standard InChI is InChI=1S/C31H31N7O2/c39-29(21-6-7-21)35-31-34-28-17-23(12-15-38(28)36-31)22-8-11-27-25(16-22)26(19-32-27)30(40)33-18-20-4-9-24(10-5-20)37-13-2-1-3-14-37/h4-5,8-12,15-17,19,21,32H,1-3,6-7,13-14,18H2,(H,33,40)(H,35,36,39). The van der Waals surface area contributed by atoms with E-state index in [4.69, 9.17) is 0 Å². The van der Waals surface area contributed by atoms with Crippen molar-refractivity contribution in [1.29, 1.82) is 0 Å². The number of nitrogens with zero attached hydrogens (tertiary/aromatic N) is 4. The molecule has 0 radical (unpaired) electrons. The van der Waals surface area contributed by atoms with E-state index in [0.29, 0.717) is 23.7 Å². The minimum absolute atomic E-state index is 0.0192. The van der Waals surface area contributed by atoms with E-state index in [0.717, 1.165) is 53.5 Å². The number of benzene rings is 2. The van der Waals surface area contributed by atoms with E-state index in [1.807, 2.05) is 36.5 Å². The number of amides is 2. The van der Waals surface area contributed by atoms with Gasteiger partial charge in [0.15, 0.2) is 5.65 Å². The lowest BCUT2D eigenvalue weighted by Gasteiger charge is -2.28. The van der Waals surface area contributed by atoms with Crippen LogP contribution in [0.5, 0.6) is 0 Å². The smallest absolute Gasteiger partial charge is 0.253 e. The fraction of sp³-hybridized carbons (Fsp3) is 0.290. The van der Waals surface area contributed by atoms with Gasteiger partial charge in [0, 0.05) is 54.5 Å². The Bertz CT molecular complexity index is 1710. The SMILES string of the molecule is O=C(NCc1ccc(N2CCCCC2)cc1)c1c[nH]c2ccc(-c3ccn4nc(NC(=O)C5CC5)nc4c3)cc12. The maximum atomic E-state index is 13.2. The lowest BCUT2D eigenvalue weighted by atomic mass is 10.0. The van der Waals surface area contributed by atoms with E-state index < -0.39 is 0 Å². The van der Waals surface area contributed by atoms with E-state index in [1.165, 1.54) is 24.9 Å². The fourth-order valence-corrected chi connectivity index (χ4v) is 5.41. The summed E-state index contributed by atoms with van der Waals surface area (Å²) >= 11 is 0. The van der Waals surface area contributed by atoms with Gasteiger partial charge in [-0.3, -0.25) is 14.9 Å². The molecule has 4 heterocycles. The molecule has 2 amide bonds. The molecule has 40 heavy (non-hydrogen) atoms. The molecule has 202 valence electrons. The summed E-state index contributed by atoms with van der Waals surface area (Å²) in [5, 5.41) is 11.1. The Balaban J connectivity index is 1.06. The first kappa shape index (κ1) is 24.4. The van der Waals surface area contributed by atoms with Gasteiger partial charge in [-0.15, -0.1) is 5.10 Å². The van der Waals surface area contributed by atoms with Gasteiger partial charge in [-0.1, -0.05) is 18.2 Å². The number of aromatic nitrogens is 4. The molecule has 0 bridgehead atoms. The summed E-state index contributed by atoms with van der Waals surface area (Å²) < 4.78 is 1.65. The van der Waals surface area contributed by atoms with Crippen LogP contribution in [0.25, 0.3) is 27.7 Å². The summed E-state index contributed by atoms with van der Waals surface area (Å²) in [6.45, 7) is 2.70. The normalized spacial score (nSPS) is 15.4. The molecule has 1 aliphatic heterocycles. The number of anilines is 2. The number of H-pyrrole nitrogens is 1. The lowest BCUT2D eigenvalue weighted by Crippen LogP contribution is -2.29. The van der Waals surface area contributed by atoms with Crippen molar-refractivity contribution >= 4 is 40.0 Å². The first-order valence-corrected chi connectivity index (χ1v) is 14.0. The number of carbonyl (C=O) groups is 2. The van der Waals surface area contributed by atoms with Crippen LogP contribution in [0.4, 0.5) is 11.6 Å². The van der Waals surface area contributed by atoms with Crippen LogP contribution < -0.4 is 15.5 Å². The Morgan fingerprint density at radius 3 is 2.55 bits per heavy atom. The van der Waals surface area contributed by atoms with Crippen molar-refractivity contribution in [2.75, 3.05) is 23.3 Å². The number of hydrogen-bond acceptors (Lipinski definition) is 5. The zero-order valence-electron chi connectivity index (χ0n) is 22.2. The number of rotatable bonds is 7. The molecule has 3 N–H and O–H groups in total. The summed E-state index contributed by atoms with van der Waals surface area (Å²) in [7, 11) is 0. The maximum absolute atomic E-state index is 13.2. The van der Waals surface area contributed by atoms with Crippen LogP contribution in [0, 0.1) is 5.92 Å². The summed E-state index contributed by atoms with van der Waals surface area (Å²) in [4.78, 5) is 35.4. The highest BCUT2D eigenvalue weighted by atomic mass is 16.2. The van der Waals surface area contributed by atoms with Crippen LogP contribution >= 0.6 is 0 Å². The van der Waals surface area contributed by atoms with Crippen molar-refractivity contribution in [1.82, 2.24) is 24.9 Å². The van der Waals surface area contributed by atoms with Crippen LogP contribution in [0.3, 0.4) is 0 Å². The van der Waals surface area contributed by atoms with Gasteiger partial charge in [0.05, 0.1) is 5.56 Å². The Morgan fingerprint density at radius 2 is 1.75 bits per heavy atom. The highest BCUT2D eigenvalue weighted by Crippen LogP contribution is 2.30. The quantitative estimate of drug-likeness (QED) is 0.268. The molecule has 0 spiro atoms. The average molecular weight is 534 g/mol. The molecule has 3 aromatic heterocycles. The number of nitrogens with one attached hydrogen (secondary N) is 3. The second-order valence-electron chi connectivity index (χ2n) is 10.8. The first-order chi connectivity index (χ1) is 19.6. The van der Waals surface area contributed by atoms with Gasteiger partial charge in [0.25, 0.3) is 5.91 Å². The molecule has 1 aliphatic carbocycles. The number of carbonyl (C=O) groups excluding carboxylic acids is 2. The van der Waals surface area contributed by atoms with E-state index >= 15 is 0 Å². The summed E-state index contributed by atoms with van der Waals surface area (Å²) in [5.41, 5.74) is 6.38. The summed E-state index contributed by atoms with van der Waals surface area (Å²) in [6, 6.07) is 18.4. The average Bonchev–Trinajstić information content (AvgIpc) is 3.64. The molecular weight excluding hydrogens is 502 g/mol. The molecule has 9 nitrogen and oxygen atoms in total. The van der Waals surface area contributed by atoms with Gasteiger partial charge >= 0.3 is 0 Å². The molecular formula is C31H31N7O2. The number of piperidine rings is 1. The van der Waals surface area contributed by atoms with Gasteiger partial charge in [-0.2, -0.15) is 4.98 Å². The Hall–Kier alpha value is -4.66. The van der Waals surface area contributed by atoms with E-state index in [9.17, 15) is 9.59 Å². The molecule has 1 saturated carbocycles. The predicted molar refractivity (Wildman–Crippen MR) is 155 cm³/mol. The Kier molecular flexibility index (Phi) is 6.18. The molecule has 0 unspecified atom stereocenters. The molecule has 0 atom stereocenters. The minimum atomic E-state index is -0.118. The second kappa shape index (κ2) is 10.1. The van der Waals surface area contributed by atoms with Crippen LogP contribution in [-0.4, -0.2) is 44.5 Å². The summed E-state index contributed by atoms with van der Waals surface area (Å²) in [5.74, 6) is 0.267. The maximum Gasteiger partial charge on any atom is 0.253 e. The van der Waals surface area contributed by atoms with E-state index in [1.54, 1.807) is 10.7 Å². The number of aromatic amines is 1. The van der Waals surface area contributed by atoms with Gasteiger partial charge in [0.1, 0.15) is 0 Å². The minimum Gasteiger partial charge on any atom is -0.372 e. The molecule has 2 aliphatic rings. The monoisotopic (exact) mass is 533 g/mol. The number of hydrogen-bond donors (Lipinski definition) is 3. The molecule has 7 rings (SSSR count). The van der Waals surface area contributed by atoms with E-state index in [-0.39, 0.29) is 17.7 Å². The second-order valence-corrected chi connectivity index (χ2v) is 10.8. The third kappa shape index (κ3) is 4.90. The van der Waals surface area contributed by atoms with Crippen molar-refractivity contribution < 1.29 is 9.59 Å². The van der Waals surface area contributed by atoms with Gasteiger partial charge in [0.2, 0.25) is 11.9 Å². The molecule has 2 fully saturated rings. The van der Waals surface area contributed by atoms with Gasteiger partial charge in [-0.25, -0.2) is 4.52 Å². The first-order valence-electron chi connectivity index (χ1n) is 14.0. The van der Waals surface area contributed by atoms with Crippen molar-refractivity contribution in [3.8, 4) is 11.1 Å². The van der Waals surface area contributed by atoms with Crippen molar-refractivity contribution in [2.24, 2.45) is 5.92 Å². The third-order valence-corrected chi connectivity index (χ3v) is 7.89. The van der Waals surface area contributed by atoms with Gasteiger partial charge in [-0.05, 0) is 85.2 Å². The topological polar surface area (TPSA) is 107 Å². The fourth-order valence-electron chi connectivity index (χ4n) is 5.41. The van der Waals surface area contributed by atoms with Gasteiger partial charge < -0.3 is 15.2 Å². The largest absolute Gasteiger partial charge is 0.372 e. The number of fused-ring (bicyclic) bond motifs is 2. The van der Waals surface area contributed by atoms with Crippen molar-refractivity contribution in [2.45, 2.75) is 38.6 Å². The van der Waals surface area contributed by atoms with E-state index in [2.05, 4.69) is 54.9 Å². The van der Waals surface area contributed by atoms with Crippen LogP contribution in [0.2, 0.25) is 0 Å². The van der Waals surface area contributed by atoms with Crippen LogP contribution in [0.15, 0.2) is 67.0 Å². The zero-order chi connectivity index (χ0) is 27.1. The summed E-state index contributed by atoms with van der Waals surface area (Å²) in [6.07, 6.45) is 9.26. The Labute approximate surface area is 231 Å². The highest BCUT2D eigenvalue weighted by Gasteiger charge is 2.30. The van der Waals surface area contributed by atoms with Crippen molar-refractivity contribution in [3.63, 3.8) is 0 Å². The lowest BCUT2D eigenvalue weighted by molar-refractivity contribution is -0.117. The predicted octanol–water partition coefficient (Wildman–Crippen LogP) is 5.15. The molecule has 2 aromatic carbocycles. The van der Waals surface area contributed by atoms with Crippen molar-refractivity contribution in [3.05, 3.63) is 78.1 Å². The third-order valence-electron chi connectivity index (χ3n) is 7.89. The highest BCUT2D eigenvalue weighted by molar-refractivity contribution is 6.07. The zero-order valence-corrected chi connectivity index (χ0v) is 22.2. The number of pyridine rings is 1. The molecule has 9 heteroatoms. The molecule has 5 aromatic rings. The Morgan fingerprint density at radius 1 is 0.950 bits per heavy atom.